The monoisotopic (exact) mass is 315 g/mol. The molecule has 0 aromatic carbocycles. The SMILES string of the molecule is CCCCN1CCC(Nc2nnc(CC)c(CC)c2C#N)CC1. The zero-order valence-corrected chi connectivity index (χ0v) is 14.7. The topological polar surface area (TPSA) is 64.8 Å². The molecule has 2 heterocycles. The molecule has 5 nitrogen and oxygen atoms in total. The number of piperidine rings is 1. The van der Waals surface area contributed by atoms with E-state index in [1.807, 2.05) is 0 Å². The third-order valence-electron chi connectivity index (χ3n) is 4.71. The van der Waals surface area contributed by atoms with Crippen molar-refractivity contribution in [3.8, 4) is 6.07 Å². The van der Waals surface area contributed by atoms with E-state index in [4.69, 9.17) is 0 Å². The van der Waals surface area contributed by atoms with E-state index in [1.54, 1.807) is 0 Å². The van der Waals surface area contributed by atoms with Crippen LogP contribution in [0, 0.1) is 11.3 Å². The van der Waals surface area contributed by atoms with Crippen LogP contribution in [-0.2, 0) is 12.8 Å². The highest BCUT2D eigenvalue weighted by Gasteiger charge is 2.21. The molecule has 0 atom stereocenters. The lowest BCUT2D eigenvalue weighted by atomic mass is 10.0. The largest absolute Gasteiger partial charge is 0.365 e. The van der Waals surface area contributed by atoms with Crippen molar-refractivity contribution < 1.29 is 0 Å². The van der Waals surface area contributed by atoms with Gasteiger partial charge in [-0.1, -0.05) is 27.2 Å². The molecule has 0 radical (unpaired) electrons. The van der Waals surface area contributed by atoms with Crippen molar-refractivity contribution in [3.05, 3.63) is 16.8 Å². The van der Waals surface area contributed by atoms with Crippen LogP contribution < -0.4 is 5.32 Å². The second-order valence-electron chi connectivity index (χ2n) is 6.28. The van der Waals surface area contributed by atoms with Crippen molar-refractivity contribution in [2.75, 3.05) is 25.0 Å². The molecular formula is C18H29N5. The fourth-order valence-corrected chi connectivity index (χ4v) is 3.27. The molecule has 1 aromatic heterocycles. The minimum Gasteiger partial charge on any atom is -0.365 e. The summed E-state index contributed by atoms with van der Waals surface area (Å²) >= 11 is 0. The maximum absolute atomic E-state index is 9.55. The number of hydrogen-bond acceptors (Lipinski definition) is 5. The van der Waals surface area contributed by atoms with Crippen molar-refractivity contribution in [2.45, 2.75) is 65.3 Å². The lowest BCUT2D eigenvalue weighted by Gasteiger charge is -2.32. The minimum absolute atomic E-state index is 0.395. The molecule has 23 heavy (non-hydrogen) atoms. The predicted molar refractivity (Wildman–Crippen MR) is 93.5 cm³/mol. The zero-order valence-electron chi connectivity index (χ0n) is 14.7. The number of anilines is 1. The van der Waals surface area contributed by atoms with E-state index in [0.717, 1.165) is 50.0 Å². The van der Waals surface area contributed by atoms with E-state index < -0.39 is 0 Å². The van der Waals surface area contributed by atoms with Crippen LogP contribution >= 0.6 is 0 Å². The van der Waals surface area contributed by atoms with Gasteiger partial charge in [0.1, 0.15) is 11.6 Å². The van der Waals surface area contributed by atoms with Crippen molar-refractivity contribution in [1.82, 2.24) is 15.1 Å². The Kier molecular flexibility index (Phi) is 6.79. The summed E-state index contributed by atoms with van der Waals surface area (Å²) in [6.45, 7) is 9.83. The fraction of sp³-hybridized carbons (Fsp3) is 0.722. The van der Waals surface area contributed by atoms with Crippen LogP contribution in [-0.4, -0.2) is 40.8 Å². The first kappa shape index (κ1) is 17.7. The Hall–Kier alpha value is -1.67. The molecule has 0 spiro atoms. The number of nitrogens with zero attached hydrogens (tertiary/aromatic N) is 4. The fourth-order valence-electron chi connectivity index (χ4n) is 3.27. The standard InChI is InChI=1S/C18H29N5/c1-4-7-10-23-11-8-14(9-12-23)20-18-16(13-19)15(5-2)17(6-3)21-22-18/h14H,4-12H2,1-3H3,(H,20,22). The Bertz CT molecular complexity index is 541. The van der Waals surface area contributed by atoms with Crippen LogP contribution in [0.3, 0.4) is 0 Å². The molecule has 0 aliphatic carbocycles. The molecule has 1 N–H and O–H groups in total. The highest BCUT2D eigenvalue weighted by molar-refractivity contribution is 5.56. The number of hydrogen-bond donors (Lipinski definition) is 1. The summed E-state index contributed by atoms with van der Waals surface area (Å²) in [7, 11) is 0. The molecule has 0 unspecified atom stereocenters. The summed E-state index contributed by atoms with van der Waals surface area (Å²) in [6, 6.07) is 2.74. The van der Waals surface area contributed by atoms with E-state index in [2.05, 4.69) is 47.3 Å². The van der Waals surface area contributed by atoms with Crippen LogP contribution in [0.5, 0.6) is 0 Å². The number of unbranched alkanes of at least 4 members (excludes halogenated alkanes) is 1. The van der Waals surface area contributed by atoms with Gasteiger partial charge in [-0.3, -0.25) is 0 Å². The van der Waals surface area contributed by atoms with Gasteiger partial charge in [0, 0.05) is 19.1 Å². The maximum atomic E-state index is 9.55. The van der Waals surface area contributed by atoms with Gasteiger partial charge in [0.2, 0.25) is 0 Å². The summed E-state index contributed by atoms with van der Waals surface area (Å²) in [5.41, 5.74) is 2.68. The summed E-state index contributed by atoms with van der Waals surface area (Å²) in [6.07, 6.45) is 6.39. The molecular weight excluding hydrogens is 286 g/mol. The molecule has 126 valence electrons. The van der Waals surface area contributed by atoms with Gasteiger partial charge in [-0.25, -0.2) is 0 Å². The van der Waals surface area contributed by atoms with Gasteiger partial charge in [-0.2, -0.15) is 10.4 Å². The Morgan fingerprint density at radius 3 is 2.48 bits per heavy atom. The predicted octanol–water partition coefficient (Wildman–Crippen LogP) is 3.15. The third-order valence-corrected chi connectivity index (χ3v) is 4.71. The van der Waals surface area contributed by atoms with E-state index in [9.17, 15) is 5.26 Å². The molecule has 1 saturated heterocycles. The number of rotatable bonds is 7. The number of likely N-dealkylation sites (tertiary alicyclic amines) is 1. The number of nitrogens with one attached hydrogen (secondary N) is 1. The molecule has 1 aromatic rings. The summed E-state index contributed by atoms with van der Waals surface area (Å²) in [5, 5.41) is 21.7. The van der Waals surface area contributed by atoms with Crippen LogP contribution in [0.2, 0.25) is 0 Å². The summed E-state index contributed by atoms with van der Waals surface area (Å²) in [4.78, 5) is 2.54. The Morgan fingerprint density at radius 1 is 1.17 bits per heavy atom. The van der Waals surface area contributed by atoms with Gasteiger partial charge in [0.15, 0.2) is 5.82 Å². The Balaban J connectivity index is 2.03. The van der Waals surface area contributed by atoms with E-state index in [1.165, 1.54) is 19.4 Å². The quantitative estimate of drug-likeness (QED) is 0.837. The summed E-state index contributed by atoms with van der Waals surface area (Å²) < 4.78 is 0. The van der Waals surface area contributed by atoms with Gasteiger partial charge in [0.25, 0.3) is 0 Å². The average molecular weight is 315 g/mol. The first-order valence-corrected chi connectivity index (χ1v) is 9.00. The van der Waals surface area contributed by atoms with Gasteiger partial charge >= 0.3 is 0 Å². The smallest absolute Gasteiger partial charge is 0.167 e. The maximum Gasteiger partial charge on any atom is 0.167 e. The number of aromatic nitrogens is 2. The molecule has 0 amide bonds. The average Bonchev–Trinajstić information content (AvgIpc) is 2.60. The van der Waals surface area contributed by atoms with Crippen molar-refractivity contribution in [3.63, 3.8) is 0 Å². The summed E-state index contributed by atoms with van der Waals surface area (Å²) in [5.74, 6) is 0.675. The van der Waals surface area contributed by atoms with Gasteiger partial charge in [-0.15, -0.1) is 5.10 Å². The lowest BCUT2D eigenvalue weighted by Crippen LogP contribution is -2.39. The van der Waals surface area contributed by atoms with Crippen LogP contribution in [0.25, 0.3) is 0 Å². The normalized spacial score (nSPS) is 16.3. The van der Waals surface area contributed by atoms with E-state index >= 15 is 0 Å². The van der Waals surface area contributed by atoms with Crippen molar-refractivity contribution >= 4 is 5.82 Å². The Labute approximate surface area is 140 Å². The molecule has 5 heteroatoms. The molecule has 1 fully saturated rings. The van der Waals surface area contributed by atoms with Crippen LogP contribution in [0.1, 0.15) is 63.3 Å². The zero-order chi connectivity index (χ0) is 16.7. The second kappa shape index (κ2) is 8.83. The van der Waals surface area contributed by atoms with E-state index in [0.29, 0.717) is 17.4 Å². The Morgan fingerprint density at radius 2 is 1.91 bits per heavy atom. The first-order valence-electron chi connectivity index (χ1n) is 9.00. The number of aryl methyl sites for hydroxylation is 1. The molecule has 0 bridgehead atoms. The highest BCUT2D eigenvalue weighted by atomic mass is 15.2. The van der Waals surface area contributed by atoms with Crippen molar-refractivity contribution in [1.29, 1.82) is 5.26 Å². The van der Waals surface area contributed by atoms with E-state index in [-0.39, 0.29) is 0 Å². The van der Waals surface area contributed by atoms with Crippen molar-refractivity contribution in [2.24, 2.45) is 0 Å². The van der Waals surface area contributed by atoms with Gasteiger partial charge in [-0.05, 0) is 44.2 Å². The van der Waals surface area contributed by atoms with Crippen LogP contribution in [0.15, 0.2) is 0 Å². The lowest BCUT2D eigenvalue weighted by molar-refractivity contribution is 0.216. The molecule has 1 aliphatic rings. The third kappa shape index (κ3) is 4.42. The highest BCUT2D eigenvalue weighted by Crippen LogP contribution is 2.23. The molecule has 2 rings (SSSR count). The molecule has 1 aliphatic heterocycles. The van der Waals surface area contributed by atoms with Gasteiger partial charge < -0.3 is 10.2 Å². The first-order chi connectivity index (χ1) is 11.2. The number of nitriles is 1. The second-order valence-corrected chi connectivity index (χ2v) is 6.28. The molecule has 0 saturated carbocycles. The van der Waals surface area contributed by atoms with Gasteiger partial charge in [0.05, 0.1) is 5.69 Å². The minimum atomic E-state index is 0.395. The van der Waals surface area contributed by atoms with Crippen LogP contribution in [0.4, 0.5) is 5.82 Å².